The molecule has 5 heteroatoms. The second-order valence-corrected chi connectivity index (χ2v) is 6.49. The molecule has 0 saturated carbocycles. The van der Waals surface area contributed by atoms with Crippen molar-refractivity contribution in [3.63, 3.8) is 0 Å². The van der Waals surface area contributed by atoms with E-state index in [0.717, 1.165) is 26.4 Å². The third-order valence-electron chi connectivity index (χ3n) is 3.05. The summed E-state index contributed by atoms with van der Waals surface area (Å²) >= 11 is 4.87. The lowest BCUT2D eigenvalue weighted by Gasteiger charge is -2.18. The van der Waals surface area contributed by atoms with Crippen LogP contribution in [0.25, 0.3) is 0 Å². The van der Waals surface area contributed by atoms with Gasteiger partial charge in [-0.15, -0.1) is 11.8 Å². The van der Waals surface area contributed by atoms with E-state index in [4.69, 9.17) is 9.47 Å². The van der Waals surface area contributed by atoms with Gasteiger partial charge in [0.05, 0.1) is 5.75 Å². The zero-order valence-electron chi connectivity index (χ0n) is 11.2. The number of hydrogen-bond acceptors (Lipinski definition) is 4. The molecule has 2 aromatic carbocycles. The van der Waals surface area contributed by atoms with Gasteiger partial charge in [-0.3, -0.25) is 4.79 Å². The van der Waals surface area contributed by atoms with Crippen LogP contribution in [-0.2, 0) is 0 Å². The second kappa shape index (κ2) is 6.54. The van der Waals surface area contributed by atoms with Gasteiger partial charge in [-0.05, 0) is 30.3 Å². The summed E-state index contributed by atoms with van der Waals surface area (Å²) in [7, 11) is 0. The summed E-state index contributed by atoms with van der Waals surface area (Å²) in [4.78, 5) is 13.1. The Bertz CT molecular complexity index is 655. The van der Waals surface area contributed by atoms with Crippen molar-refractivity contribution in [1.82, 2.24) is 0 Å². The molecule has 0 spiro atoms. The van der Waals surface area contributed by atoms with E-state index in [9.17, 15) is 4.79 Å². The lowest BCUT2D eigenvalue weighted by atomic mass is 10.2. The van der Waals surface area contributed by atoms with Crippen molar-refractivity contribution < 1.29 is 14.3 Å². The number of hydrogen-bond donors (Lipinski definition) is 0. The maximum Gasteiger partial charge on any atom is 0.173 e. The van der Waals surface area contributed by atoms with Crippen LogP contribution in [0.3, 0.4) is 0 Å². The van der Waals surface area contributed by atoms with Crippen LogP contribution in [0.15, 0.2) is 51.8 Å². The maximum atomic E-state index is 12.1. The van der Waals surface area contributed by atoms with Crippen LogP contribution >= 0.6 is 27.7 Å². The molecule has 0 atom stereocenters. The molecule has 108 valence electrons. The van der Waals surface area contributed by atoms with Crippen molar-refractivity contribution in [3.05, 3.63) is 52.5 Å². The quantitative estimate of drug-likeness (QED) is 0.601. The highest BCUT2D eigenvalue weighted by atomic mass is 79.9. The van der Waals surface area contributed by atoms with Crippen molar-refractivity contribution in [3.8, 4) is 11.5 Å². The fraction of sp³-hybridized carbons (Fsp3) is 0.188. The molecule has 0 radical (unpaired) electrons. The van der Waals surface area contributed by atoms with Gasteiger partial charge in [-0.25, -0.2) is 0 Å². The topological polar surface area (TPSA) is 35.5 Å². The number of carbonyl (C=O) groups excluding carboxylic acids is 1. The van der Waals surface area contributed by atoms with Gasteiger partial charge in [-0.1, -0.05) is 28.1 Å². The molecule has 3 rings (SSSR count). The second-order valence-electron chi connectivity index (χ2n) is 4.52. The van der Waals surface area contributed by atoms with Gasteiger partial charge in [0.25, 0.3) is 0 Å². The minimum absolute atomic E-state index is 0.113. The Labute approximate surface area is 135 Å². The van der Waals surface area contributed by atoms with Crippen molar-refractivity contribution >= 4 is 33.5 Å². The van der Waals surface area contributed by atoms with Crippen molar-refractivity contribution in [1.29, 1.82) is 0 Å². The van der Waals surface area contributed by atoms with Gasteiger partial charge in [-0.2, -0.15) is 0 Å². The third kappa shape index (κ3) is 3.60. The molecular weight excluding hydrogens is 352 g/mol. The van der Waals surface area contributed by atoms with Gasteiger partial charge < -0.3 is 9.47 Å². The molecule has 1 aliphatic rings. The van der Waals surface area contributed by atoms with Crippen molar-refractivity contribution in [2.75, 3.05) is 19.0 Å². The molecule has 0 saturated heterocycles. The first-order chi connectivity index (χ1) is 10.2. The molecule has 0 aromatic heterocycles. The van der Waals surface area contributed by atoms with Crippen LogP contribution in [-0.4, -0.2) is 24.7 Å². The normalized spacial score (nSPS) is 13.0. The molecular formula is C16H13BrO3S. The molecule has 0 unspecified atom stereocenters. The summed E-state index contributed by atoms with van der Waals surface area (Å²) in [5, 5.41) is 0. The Balaban J connectivity index is 1.64. The first-order valence-corrected chi connectivity index (χ1v) is 8.31. The first kappa shape index (κ1) is 14.5. The zero-order chi connectivity index (χ0) is 14.7. The first-order valence-electron chi connectivity index (χ1n) is 6.53. The maximum absolute atomic E-state index is 12.1. The van der Waals surface area contributed by atoms with Crippen molar-refractivity contribution in [2.45, 2.75) is 4.90 Å². The number of benzene rings is 2. The van der Waals surface area contributed by atoms with E-state index in [-0.39, 0.29) is 5.78 Å². The summed E-state index contributed by atoms with van der Waals surface area (Å²) in [6, 6.07) is 13.2. The highest BCUT2D eigenvalue weighted by Crippen LogP contribution is 2.34. The van der Waals surface area contributed by atoms with Crippen LogP contribution in [0.5, 0.6) is 11.5 Å². The summed E-state index contributed by atoms with van der Waals surface area (Å²) in [5.41, 5.74) is 0.725. The summed E-state index contributed by atoms with van der Waals surface area (Å²) < 4.78 is 12.0. The Hall–Kier alpha value is -1.46. The fourth-order valence-electron chi connectivity index (χ4n) is 1.98. The predicted molar refractivity (Wildman–Crippen MR) is 86.6 cm³/mol. The monoisotopic (exact) mass is 364 g/mol. The number of halogens is 1. The molecule has 3 nitrogen and oxygen atoms in total. The molecule has 1 aliphatic heterocycles. The minimum atomic E-state index is 0.113. The van der Waals surface area contributed by atoms with Crippen LogP contribution in [0.2, 0.25) is 0 Å². The van der Waals surface area contributed by atoms with Gasteiger partial charge in [0, 0.05) is 14.9 Å². The molecule has 1 heterocycles. The Kier molecular flexibility index (Phi) is 4.51. The Morgan fingerprint density at radius 2 is 1.76 bits per heavy atom. The summed E-state index contributed by atoms with van der Waals surface area (Å²) in [6.45, 7) is 1.15. The summed E-state index contributed by atoms with van der Waals surface area (Å²) in [6.07, 6.45) is 0. The highest BCUT2D eigenvalue weighted by Gasteiger charge is 2.13. The van der Waals surface area contributed by atoms with Gasteiger partial charge >= 0.3 is 0 Å². The lowest BCUT2D eigenvalue weighted by Crippen LogP contribution is -2.15. The smallest absolute Gasteiger partial charge is 0.173 e. The van der Waals surface area contributed by atoms with E-state index in [2.05, 4.69) is 15.9 Å². The number of ketones is 1. The number of thioether (sulfide) groups is 1. The van der Waals surface area contributed by atoms with Crippen LogP contribution < -0.4 is 9.47 Å². The Morgan fingerprint density at radius 1 is 1.05 bits per heavy atom. The van der Waals surface area contributed by atoms with Crippen LogP contribution in [0, 0.1) is 0 Å². The molecule has 2 aromatic rings. The molecule has 0 N–H and O–H groups in total. The lowest BCUT2D eigenvalue weighted by molar-refractivity contribution is 0.102. The largest absolute Gasteiger partial charge is 0.486 e. The molecule has 0 fully saturated rings. The Morgan fingerprint density at radius 3 is 2.52 bits per heavy atom. The average molecular weight is 365 g/mol. The molecule has 21 heavy (non-hydrogen) atoms. The van der Waals surface area contributed by atoms with Crippen LogP contribution in [0.4, 0.5) is 0 Å². The van der Waals surface area contributed by atoms with E-state index in [1.165, 1.54) is 11.8 Å². The van der Waals surface area contributed by atoms with Gasteiger partial charge in [0.1, 0.15) is 13.2 Å². The fourth-order valence-corrected chi connectivity index (χ4v) is 3.06. The standard InChI is InChI=1S/C16H13BrO3S/c17-12-3-1-11(2-4-12)14(18)10-21-13-5-6-15-16(9-13)20-8-7-19-15/h1-6,9H,7-8,10H2. The molecule has 0 aliphatic carbocycles. The SMILES string of the molecule is O=C(CSc1ccc2c(c1)OCCO2)c1ccc(Br)cc1. The van der Waals surface area contributed by atoms with Gasteiger partial charge in [0.2, 0.25) is 0 Å². The molecule has 0 bridgehead atoms. The van der Waals surface area contributed by atoms with E-state index in [0.29, 0.717) is 19.0 Å². The number of carbonyl (C=O) groups is 1. The van der Waals surface area contributed by atoms with Crippen molar-refractivity contribution in [2.24, 2.45) is 0 Å². The van der Waals surface area contributed by atoms with E-state index < -0.39 is 0 Å². The predicted octanol–water partition coefficient (Wildman–Crippen LogP) is 4.20. The van der Waals surface area contributed by atoms with E-state index in [1.807, 2.05) is 42.5 Å². The minimum Gasteiger partial charge on any atom is -0.486 e. The number of ether oxygens (including phenoxy) is 2. The molecule has 0 amide bonds. The van der Waals surface area contributed by atoms with Gasteiger partial charge in [0.15, 0.2) is 17.3 Å². The number of rotatable bonds is 4. The van der Waals surface area contributed by atoms with Crippen LogP contribution in [0.1, 0.15) is 10.4 Å². The number of fused-ring (bicyclic) bond motifs is 1. The highest BCUT2D eigenvalue weighted by molar-refractivity contribution is 9.10. The summed E-state index contributed by atoms with van der Waals surface area (Å²) in [5.74, 6) is 2.04. The van der Waals surface area contributed by atoms with E-state index >= 15 is 0 Å². The third-order valence-corrected chi connectivity index (χ3v) is 4.57. The van der Waals surface area contributed by atoms with E-state index in [1.54, 1.807) is 0 Å². The number of Topliss-reactive ketones (excluding diaryl/α,β-unsaturated/α-hetero) is 1. The average Bonchev–Trinajstić information content (AvgIpc) is 2.53. The zero-order valence-corrected chi connectivity index (χ0v) is 13.6.